The smallest absolute Gasteiger partial charge is 0.209 e. The van der Waals surface area contributed by atoms with E-state index in [4.69, 9.17) is 11.0 Å². The predicted molar refractivity (Wildman–Crippen MR) is 42.9 cm³/mol. The summed E-state index contributed by atoms with van der Waals surface area (Å²) < 4.78 is 11.1. The number of rotatable bonds is 1. The van der Waals surface area contributed by atoms with Crippen molar-refractivity contribution in [3.63, 3.8) is 0 Å². The molecule has 4 heteroatoms. The Morgan fingerprint density at radius 3 is 1.90 bits per heavy atom. The largest absolute Gasteiger partial charge is 0.289 e. The first-order valence-electron chi connectivity index (χ1n) is 3.77. The molecule has 0 spiro atoms. The van der Waals surface area contributed by atoms with Gasteiger partial charge in [-0.1, -0.05) is 19.3 Å². The van der Waals surface area contributed by atoms with Crippen LogP contribution in [0.2, 0.25) is 0 Å². The number of hydrogen-bond acceptors (Lipinski definition) is 1. The van der Waals surface area contributed by atoms with Gasteiger partial charge in [0.15, 0.2) is 0 Å². The monoisotopic (exact) mass is 162 g/mol. The number of nitrogens with two attached hydrogens (primary N) is 2. The highest BCUT2D eigenvalue weighted by Gasteiger charge is 2.25. The van der Waals surface area contributed by atoms with E-state index >= 15 is 0 Å². The van der Waals surface area contributed by atoms with Gasteiger partial charge < -0.3 is 0 Å². The van der Waals surface area contributed by atoms with Crippen LogP contribution in [-0.2, 0) is 4.57 Å². The third-order valence-corrected chi connectivity index (χ3v) is 3.80. The van der Waals surface area contributed by atoms with Crippen LogP contribution in [0.4, 0.5) is 0 Å². The Hall–Kier alpha value is 0.150. The van der Waals surface area contributed by atoms with Gasteiger partial charge in [0, 0.05) is 5.66 Å². The highest BCUT2D eigenvalue weighted by molar-refractivity contribution is 7.59. The second-order valence-corrected chi connectivity index (χ2v) is 5.31. The Balaban J connectivity index is 2.47. The standard InChI is InChI=1S/C6H15N2OP/c7-10(8,9)6-4-2-1-3-5-6/h6H,1-5H2,(H4,7,8,9). The van der Waals surface area contributed by atoms with Gasteiger partial charge in [-0.15, -0.1) is 0 Å². The van der Waals surface area contributed by atoms with Crippen LogP contribution in [0.3, 0.4) is 0 Å². The maximum absolute atomic E-state index is 11.1. The van der Waals surface area contributed by atoms with Crippen molar-refractivity contribution in [1.82, 2.24) is 0 Å². The van der Waals surface area contributed by atoms with Crippen LogP contribution in [0, 0.1) is 0 Å². The van der Waals surface area contributed by atoms with Gasteiger partial charge in [-0.2, -0.15) is 0 Å². The van der Waals surface area contributed by atoms with Crippen LogP contribution in [-0.4, -0.2) is 5.66 Å². The normalized spacial score (nSPS) is 23.0. The Morgan fingerprint density at radius 2 is 1.60 bits per heavy atom. The predicted octanol–water partition coefficient (Wildman–Crippen LogP) is 1.43. The van der Waals surface area contributed by atoms with E-state index in [2.05, 4.69) is 0 Å². The highest BCUT2D eigenvalue weighted by Crippen LogP contribution is 2.41. The van der Waals surface area contributed by atoms with Crippen molar-refractivity contribution in [2.45, 2.75) is 37.8 Å². The summed E-state index contributed by atoms with van der Waals surface area (Å²) in [6, 6.07) is 0. The minimum absolute atomic E-state index is 0.112. The first-order valence-corrected chi connectivity index (χ1v) is 5.69. The lowest BCUT2D eigenvalue weighted by atomic mass is 10.0. The van der Waals surface area contributed by atoms with Crippen LogP contribution in [0.1, 0.15) is 32.1 Å². The van der Waals surface area contributed by atoms with Crippen molar-refractivity contribution >= 4 is 7.44 Å². The molecule has 1 aliphatic rings. The summed E-state index contributed by atoms with van der Waals surface area (Å²) in [7, 11) is -2.74. The minimum atomic E-state index is -2.74. The molecule has 0 aromatic heterocycles. The van der Waals surface area contributed by atoms with Crippen LogP contribution in [0.25, 0.3) is 0 Å². The molecule has 4 N–H and O–H groups in total. The third kappa shape index (κ3) is 2.08. The molecule has 10 heavy (non-hydrogen) atoms. The summed E-state index contributed by atoms with van der Waals surface area (Å²) >= 11 is 0. The molecular formula is C6H15N2OP. The van der Waals surface area contributed by atoms with Crippen LogP contribution >= 0.6 is 7.44 Å². The van der Waals surface area contributed by atoms with E-state index in [1.54, 1.807) is 0 Å². The zero-order chi connectivity index (χ0) is 7.61. The van der Waals surface area contributed by atoms with E-state index in [0.717, 1.165) is 25.7 Å². The van der Waals surface area contributed by atoms with E-state index in [0.29, 0.717) is 0 Å². The lowest BCUT2D eigenvalue weighted by molar-refractivity contribution is 0.483. The fourth-order valence-corrected chi connectivity index (χ4v) is 2.66. The summed E-state index contributed by atoms with van der Waals surface area (Å²) in [4.78, 5) is 0. The summed E-state index contributed by atoms with van der Waals surface area (Å²) in [5.41, 5.74) is 10.8. The molecule has 0 aromatic rings. The van der Waals surface area contributed by atoms with E-state index in [-0.39, 0.29) is 5.66 Å². The second-order valence-electron chi connectivity index (χ2n) is 3.06. The third-order valence-electron chi connectivity index (χ3n) is 2.15. The summed E-state index contributed by atoms with van der Waals surface area (Å²) in [6.45, 7) is 0. The molecule has 0 bridgehead atoms. The van der Waals surface area contributed by atoms with Crippen molar-refractivity contribution in [2.24, 2.45) is 11.0 Å². The first kappa shape index (κ1) is 8.25. The fourth-order valence-electron chi connectivity index (χ4n) is 1.48. The van der Waals surface area contributed by atoms with Gasteiger partial charge in [0.1, 0.15) is 0 Å². The van der Waals surface area contributed by atoms with Gasteiger partial charge in [0.05, 0.1) is 0 Å². The van der Waals surface area contributed by atoms with Crippen molar-refractivity contribution in [3.8, 4) is 0 Å². The maximum atomic E-state index is 11.1. The molecular weight excluding hydrogens is 147 g/mol. The van der Waals surface area contributed by atoms with Crippen molar-refractivity contribution in [1.29, 1.82) is 0 Å². The quantitative estimate of drug-likeness (QED) is 0.573. The second kappa shape index (κ2) is 3.04. The average molecular weight is 162 g/mol. The van der Waals surface area contributed by atoms with Crippen LogP contribution < -0.4 is 11.0 Å². The van der Waals surface area contributed by atoms with Crippen molar-refractivity contribution in [2.75, 3.05) is 0 Å². The molecule has 0 aromatic carbocycles. The Kier molecular flexibility index (Phi) is 2.50. The summed E-state index contributed by atoms with van der Waals surface area (Å²) in [6.07, 6.45) is 5.46. The van der Waals surface area contributed by atoms with Crippen LogP contribution in [0.15, 0.2) is 0 Å². The maximum Gasteiger partial charge on any atom is 0.209 e. The van der Waals surface area contributed by atoms with Gasteiger partial charge >= 0.3 is 0 Å². The lowest BCUT2D eigenvalue weighted by Crippen LogP contribution is -2.22. The topological polar surface area (TPSA) is 69.1 Å². The fraction of sp³-hybridized carbons (Fsp3) is 1.00. The molecule has 1 rings (SSSR count). The molecule has 60 valence electrons. The molecule has 0 saturated heterocycles. The zero-order valence-electron chi connectivity index (χ0n) is 6.12. The molecule has 0 atom stereocenters. The Morgan fingerprint density at radius 1 is 1.10 bits per heavy atom. The zero-order valence-corrected chi connectivity index (χ0v) is 7.02. The Bertz CT molecular complexity index is 148. The van der Waals surface area contributed by atoms with E-state index in [9.17, 15) is 4.57 Å². The van der Waals surface area contributed by atoms with E-state index in [1.807, 2.05) is 0 Å². The average Bonchev–Trinajstić information content (AvgIpc) is 1.88. The molecule has 0 amide bonds. The van der Waals surface area contributed by atoms with Gasteiger partial charge in [-0.25, -0.2) is 0 Å². The molecule has 0 radical (unpaired) electrons. The van der Waals surface area contributed by atoms with Gasteiger partial charge in [0.25, 0.3) is 0 Å². The Labute approximate surface area is 61.6 Å². The summed E-state index contributed by atoms with van der Waals surface area (Å²) in [5, 5.41) is 0. The van der Waals surface area contributed by atoms with Crippen molar-refractivity contribution < 1.29 is 4.57 Å². The summed E-state index contributed by atoms with van der Waals surface area (Å²) in [5.74, 6) is 0. The highest BCUT2D eigenvalue weighted by atomic mass is 31.2. The molecule has 0 unspecified atom stereocenters. The molecule has 0 aliphatic heterocycles. The van der Waals surface area contributed by atoms with E-state index < -0.39 is 7.44 Å². The molecule has 0 heterocycles. The SMILES string of the molecule is NP(N)(=O)C1CCCCC1. The minimum Gasteiger partial charge on any atom is -0.289 e. The van der Waals surface area contributed by atoms with Crippen molar-refractivity contribution in [3.05, 3.63) is 0 Å². The van der Waals surface area contributed by atoms with Gasteiger partial charge in [0.2, 0.25) is 7.44 Å². The van der Waals surface area contributed by atoms with E-state index in [1.165, 1.54) is 6.42 Å². The molecule has 3 nitrogen and oxygen atoms in total. The van der Waals surface area contributed by atoms with Gasteiger partial charge in [-0.05, 0) is 12.8 Å². The molecule has 1 aliphatic carbocycles. The first-order chi connectivity index (χ1) is 4.61. The number of hydrogen-bond donors (Lipinski definition) is 2. The lowest BCUT2D eigenvalue weighted by Gasteiger charge is -2.24. The molecule has 1 saturated carbocycles. The molecule has 1 fully saturated rings. The van der Waals surface area contributed by atoms with Crippen LogP contribution in [0.5, 0.6) is 0 Å². The van der Waals surface area contributed by atoms with Gasteiger partial charge in [-0.3, -0.25) is 15.6 Å².